The highest BCUT2D eigenvalue weighted by Gasteiger charge is 2.50. The molecule has 0 aliphatic carbocycles. The van der Waals surface area contributed by atoms with Gasteiger partial charge in [0.05, 0.1) is 11.1 Å². The van der Waals surface area contributed by atoms with Crippen LogP contribution in [-0.4, -0.2) is 45.9 Å². The number of hydrogen-bond donors (Lipinski definition) is 2. The van der Waals surface area contributed by atoms with Crippen LogP contribution in [0.2, 0.25) is 5.02 Å². The van der Waals surface area contributed by atoms with Crippen molar-refractivity contribution in [2.24, 2.45) is 5.41 Å². The lowest BCUT2D eigenvalue weighted by molar-refractivity contribution is -0.154. The molecule has 1 fully saturated rings. The van der Waals surface area contributed by atoms with Gasteiger partial charge in [0.2, 0.25) is 5.91 Å². The number of nitrogens with zero attached hydrogens (tertiary/aromatic N) is 2. The molecule has 3 aromatic rings. The summed E-state index contributed by atoms with van der Waals surface area (Å²) in [6.45, 7) is 10.2. The maximum absolute atomic E-state index is 13.5. The van der Waals surface area contributed by atoms with Gasteiger partial charge in [-0.25, -0.2) is 0 Å². The van der Waals surface area contributed by atoms with Crippen LogP contribution in [-0.2, 0) is 10.4 Å². The summed E-state index contributed by atoms with van der Waals surface area (Å²) in [5.41, 5.74) is 0.803. The molecule has 6 nitrogen and oxygen atoms in total. The van der Waals surface area contributed by atoms with Crippen LogP contribution in [0.15, 0.2) is 72.9 Å². The number of piperidine rings is 1. The highest BCUT2D eigenvalue weighted by molar-refractivity contribution is 6.30. The Bertz CT molecular complexity index is 1290. The molecule has 1 aromatic heterocycles. The Hall–Kier alpha value is -3.22. The van der Waals surface area contributed by atoms with Gasteiger partial charge in [-0.2, -0.15) is 0 Å². The molecule has 0 bridgehead atoms. The number of carbonyl (C=O) groups is 2. The van der Waals surface area contributed by atoms with Crippen LogP contribution in [0.4, 0.5) is 0 Å². The number of amides is 2. The second kappa shape index (κ2) is 9.44. The number of benzene rings is 2. The quantitative estimate of drug-likeness (QED) is 0.506. The normalized spacial score (nSPS) is 20.3. The highest BCUT2D eigenvalue weighted by atomic mass is 35.5. The fourth-order valence-electron chi connectivity index (χ4n) is 4.78. The topological polar surface area (TPSA) is 82.5 Å². The van der Waals surface area contributed by atoms with Crippen LogP contribution < -0.4 is 5.32 Å². The van der Waals surface area contributed by atoms with Gasteiger partial charge < -0.3 is 15.3 Å². The van der Waals surface area contributed by atoms with E-state index < -0.39 is 17.1 Å². The molecule has 0 unspecified atom stereocenters. The predicted octanol–water partition coefficient (Wildman–Crippen LogP) is 4.71. The van der Waals surface area contributed by atoms with Crippen molar-refractivity contribution in [2.75, 3.05) is 13.1 Å². The van der Waals surface area contributed by atoms with Crippen LogP contribution in [0.1, 0.15) is 43.1 Å². The maximum Gasteiger partial charge on any atom is 0.252 e. The zero-order valence-corrected chi connectivity index (χ0v) is 21.0. The fourth-order valence-corrected chi connectivity index (χ4v) is 4.91. The van der Waals surface area contributed by atoms with Gasteiger partial charge in [-0.1, -0.05) is 50.2 Å². The highest BCUT2D eigenvalue weighted by Crippen LogP contribution is 2.46. The number of aliphatic hydroxyl groups is 1. The van der Waals surface area contributed by atoms with Crippen molar-refractivity contribution in [3.05, 3.63) is 89.1 Å². The first kappa shape index (κ1) is 24.9. The number of aromatic nitrogens is 1. The summed E-state index contributed by atoms with van der Waals surface area (Å²) in [4.78, 5) is 32.6. The molecule has 0 radical (unpaired) electrons. The fraction of sp³-hybridized carbons (Fsp3) is 0.321. The minimum atomic E-state index is -1.12. The number of hydrogen-bond acceptors (Lipinski definition) is 4. The van der Waals surface area contributed by atoms with Gasteiger partial charge in [0.1, 0.15) is 6.04 Å². The number of likely N-dealkylation sites (tertiary alicyclic amines) is 1. The third-order valence-corrected chi connectivity index (χ3v) is 7.22. The molecule has 35 heavy (non-hydrogen) atoms. The second-order valence-corrected chi connectivity index (χ2v) is 10.4. The van der Waals surface area contributed by atoms with E-state index in [0.29, 0.717) is 35.7 Å². The summed E-state index contributed by atoms with van der Waals surface area (Å²) in [6, 6.07) is 15.3. The van der Waals surface area contributed by atoms with Crippen LogP contribution in [0.3, 0.4) is 0 Å². The third kappa shape index (κ3) is 4.81. The number of pyridine rings is 1. The minimum Gasteiger partial charge on any atom is -0.384 e. The van der Waals surface area contributed by atoms with E-state index >= 15 is 0 Å². The Kier molecular flexibility index (Phi) is 6.71. The molecule has 1 aliphatic heterocycles. The Morgan fingerprint density at radius 3 is 2.54 bits per heavy atom. The van der Waals surface area contributed by atoms with E-state index in [9.17, 15) is 14.7 Å². The van der Waals surface area contributed by atoms with Crippen LogP contribution >= 0.6 is 11.6 Å². The van der Waals surface area contributed by atoms with Gasteiger partial charge in [0.15, 0.2) is 0 Å². The van der Waals surface area contributed by atoms with E-state index in [1.165, 1.54) is 0 Å². The largest absolute Gasteiger partial charge is 0.384 e. The van der Waals surface area contributed by atoms with Crippen LogP contribution in [0, 0.1) is 5.41 Å². The molecule has 0 saturated carbocycles. The van der Waals surface area contributed by atoms with Crippen molar-refractivity contribution in [2.45, 2.75) is 38.8 Å². The summed E-state index contributed by atoms with van der Waals surface area (Å²) >= 11 is 6.03. The van der Waals surface area contributed by atoms with Crippen LogP contribution in [0.5, 0.6) is 0 Å². The average Bonchev–Trinajstić information content (AvgIpc) is 2.83. The lowest BCUT2D eigenvalue weighted by atomic mass is 9.66. The minimum absolute atomic E-state index is 0.237. The molecule has 2 atom stereocenters. The first-order chi connectivity index (χ1) is 16.5. The van der Waals surface area contributed by atoms with E-state index in [2.05, 4.69) is 16.9 Å². The Morgan fingerprint density at radius 2 is 1.89 bits per heavy atom. The molecule has 4 rings (SSSR count). The predicted molar refractivity (Wildman–Crippen MR) is 138 cm³/mol. The van der Waals surface area contributed by atoms with E-state index in [1.54, 1.807) is 48.4 Å². The summed E-state index contributed by atoms with van der Waals surface area (Å²) in [6.07, 6.45) is 2.06. The van der Waals surface area contributed by atoms with Gasteiger partial charge >= 0.3 is 0 Å². The Morgan fingerprint density at radius 1 is 1.17 bits per heavy atom. The molecule has 2 aromatic carbocycles. The van der Waals surface area contributed by atoms with E-state index in [-0.39, 0.29) is 11.8 Å². The standard InChI is InChI=1S/C28H30ClN3O3/c1-18(2)24(31-25(33)20-7-12-23-19(16-20)6-5-14-30-23)26(34)32-15-13-28(35,27(3,4)17-32)21-8-10-22(29)11-9-21/h5-12,14,16,24,35H,1,13,15,17H2,2-4H3,(H,31,33)/t24-,28+/m1/s1. The van der Waals surface area contributed by atoms with Crippen molar-refractivity contribution in [3.63, 3.8) is 0 Å². The Labute approximate surface area is 210 Å². The number of fused-ring (bicyclic) bond motifs is 1. The zero-order chi connectivity index (χ0) is 25.4. The molecule has 7 heteroatoms. The Balaban J connectivity index is 1.51. The maximum atomic E-state index is 13.5. The van der Waals surface area contributed by atoms with Crippen molar-refractivity contribution < 1.29 is 14.7 Å². The molecule has 2 N–H and O–H groups in total. The van der Waals surface area contributed by atoms with Crippen LogP contribution in [0.25, 0.3) is 10.9 Å². The van der Waals surface area contributed by atoms with E-state index in [0.717, 1.165) is 16.5 Å². The average molecular weight is 492 g/mol. The van der Waals surface area contributed by atoms with Gasteiger partial charge in [-0.3, -0.25) is 14.6 Å². The lowest BCUT2D eigenvalue weighted by Crippen LogP contribution is -2.60. The molecular formula is C28H30ClN3O3. The third-order valence-electron chi connectivity index (χ3n) is 6.96. The smallest absolute Gasteiger partial charge is 0.252 e. The summed E-state index contributed by atoms with van der Waals surface area (Å²) in [7, 11) is 0. The number of halogens is 1. The van der Waals surface area contributed by atoms with Crippen molar-refractivity contribution in [3.8, 4) is 0 Å². The number of rotatable bonds is 5. The zero-order valence-electron chi connectivity index (χ0n) is 20.2. The summed E-state index contributed by atoms with van der Waals surface area (Å²) in [5, 5.41) is 15.9. The lowest BCUT2D eigenvalue weighted by Gasteiger charge is -2.51. The SMILES string of the molecule is C=C(C)[C@@H](NC(=O)c1ccc2ncccc2c1)C(=O)N1CC[C@](O)(c2ccc(Cl)cc2)C(C)(C)C1. The number of carbonyl (C=O) groups excluding carboxylic acids is 2. The molecule has 1 saturated heterocycles. The van der Waals surface area contributed by atoms with Crippen molar-refractivity contribution >= 4 is 34.3 Å². The van der Waals surface area contributed by atoms with E-state index in [1.807, 2.05) is 38.1 Å². The molecule has 0 spiro atoms. The number of nitrogens with one attached hydrogen (secondary N) is 1. The molecule has 1 aliphatic rings. The van der Waals surface area contributed by atoms with E-state index in [4.69, 9.17) is 11.6 Å². The first-order valence-corrected chi connectivity index (χ1v) is 12.0. The van der Waals surface area contributed by atoms with Gasteiger partial charge in [-0.15, -0.1) is 0 Å². The monoisotopic (exact) mass is 491 g/mol. The van der Waals surface area contributed by atoms with Crippen molar-refractivity contribution in [1.29, 1.82) is 0 Å². The molecule has 2 amide bonds. The first-order valence-electron chi connectivity index (χ1n) is 11.6. The molecule has 182 valence electrons. The molecule has 2 heterocycles. The van der Waals surface area contributed by atoms with Gasteiger partial charge in [0.25, 0.3) is 5.91 Å². The summed E-state index contributed by atoms with van der Waals surface area (Å²) < 4.78 is 0. The van der Waals surface area contributed by atoms with Crippen molar-refractivity contribution in [1.82, 2.24) is 15.2 Å². The second-order valence-electron chi connectivity index (χ2n) is 9.92. The molecular weight excluding hydrogens is 462 g/mol. The summed E-state index contributed by atoms with van der Waals surface area (Å²) in [5.74, 6) is -0.592. The van der Waals surface area contributed by atoms with Gasteiger partial charge in [0, 0.05) is 40.7 Å². The van der Waals surface area contributed by atoms with Gasteiger partial charge in [-0.05, 0) is 60.9 Å².